The van der Waals surface area contributed by atoms with Gasteiger partial charge in [-0.25, -0.2) is 0 Å². The highest BCUT2D eigenvalue weighted by molar-refractivity contribution is 6.13. The maximum absolute atomic E-state index is 11.6. The van der Waals surface area contributed by atoms with Crippen LogP contribution < -0.4 is 0 Å². The SMILES string of the molecule is Cc1ccc2c(c1)-c1cc(Cc3ccc4c5ccccc5n(-c5c(C)c(C#N)c(-c6ccc(C#N)cc6)c(C#N)c5-n5c6ccc(C)cc6c6cc(C)ccc65)c4c3)ccc1C2. The van der Waals surface area contributed by atoms with Crippen LogP contribution in [0.1, 0.15) is 61.2 Å². The van der Waals surface area contributed by atoms with Gasteiger partial charge in [-0.15, -0.1) is 0 Å². The molecule has 2 heterocycles. The van der Waals surface area contributed by atoms with Gasteiger partial charge in [-0.1, -0.05) is 108 Å². The summed E-state index contributed by atoms with van der Waals surface area (Å²) in [5, 5.41) is 36.8. The highest BCUT2D eigenvalue weighted by Gasteiger charge is 2.30. The van der Waals surface area contributed by atoms with E-state index in [1.807, 2.05) is 19.1 Å². The molecule has 0 N–H and O–H groups in total. The number of aryl methyl sites for hydroxylation is 3. The van der Waals surface area contributed by atoms with Crippen LogP contribution in [-0.2, 0) is 12.8 Å². The molecule has 10 aromatic rings. The van der Waals surface area contributed by atoms with E-state index in [2.05, 4.69) is 163 Å². The molecule has 1 aliphatic rings. The zero-order valence-corrected chi connectivity index (χ0v) is 34.9. The van der Waals surface area contributed by atoms with Gasteiger partial charge in [0.2, 0.25) is 0 Å². The smallest absolute Gasteiger partial charge is 0.102 e. The van der Waals surface area contributed by atoms with Crippen LogP contribution in [0, 0.1) is 61.7 Å². The van der Waals surface area contributed by atoms with Crippen LogP contribution in [0.3, 0.4) is 0 Å². The molecule has 0 fully saturated rings. The van der Waals surface area contributed by atoms with Crippen molar-refractivity contribution in [1.29, 1.82) is 15.8 Å². The van der Waals surface area contributed by atoms with Crippen LogP contribution in [0.2, 0.25) is 0 Å². The summed E-state index contributed by atoms with van der Waals surface area (Å²) < 4.78 is 4.54. The molecule has 11 rings (SSSR count). The fourth-order valence-electron chi connectivity index (χ4n) is 10.1. The van der Waals surface area contributed by atoms with Gasteiger partial charge in [-0.2, -0.15) is 15.8 Å². The van der Waals surface area contributed by atoms with Gasteiger partial charge in [0, 0.05) is 27.1 Å². The fourth-order valence-corrected chi connectivity index (χ4v) is 10.1. The third-order valence-corrected chi connectivity index (χ3v) is 13.0. The van der Waals surface area contributed by atoms with Gasteiger partial charge >= 0.3 is 0 Å². The number of nitriles is 3. The molecule has 1 aliphatic carbocycles. The van der Waals surface area contributed by atoms with E-state index in [1.165, 1.54) is 38.9 Å². The van der Waals surface area contributed by atoms with Crippen LogP contribution in [0.4, 0.5) is 0 Å². The monoisotopic (exact) mass is 793 g/mol. The molecule has 0 unspecified atom stereocenters. The Hall–Kier alpha value is -8.17. The van der Waals surface area contributed by atoms with E-state index in [1.54, 1.807) is 12.1 Å². The van der Waals surface area contributed by atoms with Gasteiger partial charge in [-0.05, 0) is 134 Å². The average molecular weight is 794 g/mol. The zero-order valence-electron chi connectivity index (χ0n) is 34.9. The molecule has 0 saturated carbocycles. The largest absolute Gasteiger partial charge is 0.307 e. The Balaban J connectivity index is 1.23. The van der Waals surface area contributed by atoms with Crippen LogP contribution in [0.5, 0.6) is 0 Å². The van der Waals surface area contributed by atoms with E-state index >= 15 is 0 Å². The summed E-state index contributed by atoms with van der Waals surface area (Å²) >= 11 is 0. The van der Waals surface area contributed by atoms with E-state index in [4.69, 9.17) is 0 Å². The van der Waals surface area contributed by atoms with E-state index < -0.39 is 0 Å². The molecule has 0 saturated heterocycles. The Morgan fingerprint density at radius 1 is 0.468 bits per heavy atom. The summed E-state index contributed by atoms with van der Waals surface area (Å²) in [4.78, 5) is 0. The average Bonchev–Trinajstić information content (AvgIpc) is 3.92. The minimum atomic E-state index is 0.391. The number of para-hydroxylation sites is 1. The van der Waals surface area contributed by atoms with Gasteiger partial charge in [-0.3, -0.25) is 0 Å². The molecule has 0 radical (unpaired) electrons. The topological polar surface area (TPSA) is 81.2 Å². The number of aromatic nitrogens is 2. The molecule has 8 aromatic carbocycles. The highest BCUT2D eigenvalue weighted by Crippen LogP contribution is 2.46. The lowest BCUT2D eigenvalue weighted by Crippen LogP contribution is -2.12. The Morgan fingerprint density at radius 2 is 1.03 bits per heavy atom. The van der Waals surface area contributed by atoms with Crippen molar-refractivity contribution in [3.8, 4) is 51.8 Å². The maximum Gasteiger partial charge on any atom is 0.102 e. The molecule has 2 aromatic heterocycles. The first kappa shape index (κ1) is 36.9. The second-order valence-corrected chi connectivity index (χ2v) is 16.9. The second-order valence-electron chi connectivity index (χ2n) is 16.9. The van der Waals surface area contributed by atoms with Crippen molar-refractivity contribution in [2.75, 3.05) is 0 Å². The summed E-state index contributed by atoms with van der Waals surface area (Å²) in [5.74, 6) is 0. The number of rotatable bonds is 5. The first-order valence-electron chi connectivity index (χ1n) is 21.0. The summed E-state index contributed by atoms with van der Waals surface area (Å²) in [7, 11) is 0. The van der Waals surface area contributed by atoms with Gasteiger partial charge in [0.25, 0.3) is 0 Å². The minimum absolute atomic E-state index is 0.391. The number of hydrogen-bond acceptors (Lipinski definition) is 3. The molecule has 0 atom stereocenters. The number of nitrogens with zero attached hydrogens (tertiary/aromatic N) is 5. The van der Waals surface area contributed by atoms with Crippen LogP contribution in [0.25, 0.3) is 77.2 Å². The van der Waals surface area contributed by atoms with Gasteiger partial charge in [0.05, 0.1) is 56.2 Å². The number of benzene rings is 8. The van der Waals surface area contributed by atoms with Crippen molar-refractivity contribution >= 4 is 43.6 Å². The molecule has 5 heteroatoms. The Labute approximate surface area is 360 Å². The van der Waals surface area contributed by atoms with Gasteiger partial charge in [0.15, 0.2) is 0 Å². The molecular formula is C57H39N5. The molecule has 62 heavy (non-hydrogen) atoms. The van der Waals surface area contributed by atoms with Crippen LogP contribution in [-0.4, -0.2) is 9.13 Å². The molecule has 5 nitrogen and oxygen atoms in total. The van der Waals surface area contributed by atoms with Crippen molar-refractivity contribution in [3.05, 3.63) is 201 Å². The van der Waals surface area contributed by atoms with Gasteiger partial charge in [0.1, 0.15) is 12.1 Å². The molecule has 0 bridgehead atoms. The van der Waals surface area contributed by atoms with Crippen molar-refractivity contribution in [3.63, 3.8) is 0 Å². The Kier molecular flexibility index (Phi) is 8.30. The molecule has 0 amide bonds. The molecule has 0 spiro atoms. The fraction of sp³-hybridized carbons (Fsp3) is 0.105. The summed E-state index contributed by atoms with van der Waals surface area (Å²) in [5.41, 5.74) is 20.1. The summed E-state index contributed by atoms with van der Waals surface area (Å²) in [6, 6.07) is 56.6. The summed E-state index contributed by atoms with van der Waals surface area (Å²) in [6.45, 7) is 8.39. The lowest BCUT2D eigenvalue weighted by atomic mass is 9.88. The number of fused-ring (bicyclic) bond motifs is 9. The van der Waals surface area contributed by atoms with Crippen LogP contribution in [0.15, 0.2) is 140 Å². The quantitative estimate of drug-likeness (QED) is 0.174. The molecular weight excluding hydrogens is 755 g/mol. The number of hydrogen-bond donors (Lipinski definition) is 0. The third kappa shape index (κ3) is 5.51. The lowest BCUT2D eigenvalue weighted by molar-refractivity contribution is 1.06. The van der Waals surface area contributed by atoms with Gasteiger partial charge < -0.3 is 9.13 Å². The lowest BCUT2D eigenvalue weighted by Gasteiger charge is -2.24. The second kappa shape index (κ2) is 14.0. The Bertz CT molecular complexity index is 3640. The third-order valence-electron chi connectivity index (χ3n) is 13.0. The maximum atomic E-state index is 11.6. The summed E-state index contributed by atoms with van der Waals surface area (Å²) in [6.07, 6.45) is 1.71. The molecule has 292 valence electrons. The first-order chi connectivity index (χ1) is 30.2. The highest BCUT2D eigenvalue weighted by atomic mass is 15.1. The predicted octanol–water partition coefficient (Wildman–Crippen LogP) is 13.6. The predicted molar refractivity (Wildman–Crippen MR) is 251 cm³/mol. The van der Waals surface area contributed by atoms with Crippen molar-refractivity contribution in [2.24, 2.45) is 0 Å². The van der Waals surface area contributed by atoms with E-state index in [0.717, 1.165) is 78.8 Å². The van der Waals surface area contributed by atoms with E-state index in [0.29, 0.717) is 33.5 Å². The van der Waals surface area contributed by atoms with E-state index in [-0.39, 0.29) is 0 Å². The standard InChI is InChI=1S/C57H39N5/c1-33-9-16-41-29-42-19-14-38(27-46(42)45(41)23-33)26-39-15-20-44-43-7-5-6-8-51(43)62(54(44)28-39)56-36(4)49(31-59)55(40-17-12-37(30-58)13-18-40)50(32-60)57(56)61-52-21-10-34(2)24-47(52)48-25-35(3)11-22-53(48)61/h5-25,27-28H,26,29H2,1-4H3. The van der Waals surface area contributed by atoms with Crippen LogP contribution >= 0.6 is 0 Å². The van der Waals surface area contributed by atoms with E-state index in [9.17, 15) is 15.8 Å². The van der Waals surface area contributed by atoms with Crippen molar-refractivity contribution < 1.29 is 0 Å². The Morgan fingerprint density at radius 3 is 1.73 bits per heavy atom. The normalized spacial score (nSPS) is 11.8. The first-order valence-corrected chi connectivity index (χ1v) is 21.0. The molecule has 0 aliphatic heterocycles. The van der Waals surface area contributed by atoms with Crippen molar-refractivity contribution in [2.45, 2.75) is 40.5 Å². The zero-order chi connectivity index (χ0) is 42.4. The minimum Gasteiger partial charge on any atom is -0.307 e. The van der Waals surface area contributed by atoms with Crippen molar-refractivity contribution in [1.82, 2.24) is 9.13 Å².